The first-order chi connectivity index (χ1) is 8.72. The molecule has 0 radical (unpaired) electrons. The molecule has 0 aromatic carbocycles. The largest absolute Gasteiger partial charge is 0.376 e. The summed E-state index contributed by atoms with van der Waals surface area (Å²) >= 11 is 0. The molecule has 0 amide bonds. The number of nitrogens with two attached hydrogens (primary N) is 1. The fourth-order valence-corrected chi connectivity index (χ4v) is 2.14. The van der Waals surface area contributed by atoms with Crippen LogP contribution >= 0.6 is 0 Å². The number of aryl methyl sites for hydroxylation is 1. The van der Waals surface area contributed by atoms with Crippen LogP contribution in [-0.2, 0) is 4.74 Å². The lowest BCUT2D eigenvalue weighted by atomic mass is 10.2. The lowest BCUT2D eigenvalue weighted by Gasteiger charge is -2.12. The molecule has 2 aromatic rings. The highest BCUT2D eigenvalue weighted by atomic mass is 16.5. The molecule has 1 atom stereocenters. The van der Waals surface area contributed by atoms with Crippen molar-refractivity contribution in [2.75, 3.05) is 24.2 Å². The van der Waals surface area contributed by atoms with Crippen LogP contribution in [0.2, 0.25) is 0 Å². The molecule has 96 valence electrons. The standard InChI is InChI=1S/C11H16N6O/c1-7-5-9-14-10(12)15-11(17(9)16-7)13-6-8-3-2-4-18-8/h5,8H,2-4,6H2,1H3,(H3,12,13,14,15). The summed E-state index contributed by atoms with van der Waals surface area (Å²) < 4.78 is 7.22. The minimum atomic E-state index is 0.243. The Kier molecular flexibility index (Phi) is 2.75. The highest BCUT2D eigenvalue weighted by Gasteiger charge is 2.16. The number of aromatic nitrogens is 4. The van der Waals surface area contributed by atoms with Crippen molar-refractivity contribution in [3.05, 3.63) is 11.8 Å². The van der Waals surface area contributed by atoms with Gasteiger partial charge in [0.05, 0.1) is 11.8 Å². The SMILES string of the molecule is Cc1cc2nc(N)nc(NCC3CCCO3)n2n1. The Balaban J connectivity index is 1.85. The summed E-state index contributed by atoms with van der Waals surface area (Å²) in [6.07, 6.45) is 2.44. The van der Waals surface area contributed by atoms with E-state index in [1.165, 1.54) is 0 Å². The van der Waals surface area contributed by atoms with Gasteiger partial charge in [-0.3, -0.25) is 0 Å². The predicted octanol–water partition coefficient (Wildman–Crippen LogP) is 0.606. The fraction of sp³-hybridized carbons (Fsp3) is 0.545. The highest BCUT2D eigenvalue weighted by Crippen LogP contribution is 2.14. The van der Waals surface area contributed by atoms with Gasteiger partial charge in [0.15, 0.2) is 5.65 Å². The summed E-state index contributed by atoms with van der Waals surface area (Å²) in [7, 11) is 0. The number of nitrogens with one attached hydrogen (secondary N) is 1. The fourth-order valence-electron chi connectivity index (χ4n) is 2.14. The van der Waals surface area contributed by atoms with E-state index < -0.39 is 0 Å². The van der Waals surface area contributed by atoms with Gasteiger partial charge in [-0.15, -0.1) is 0 Å². The molecule has 0 aliphatic carbocycles. The van der Waals surface area contributed by atoms with E-state index in [0.29, 0.717) is 18.1 Å². The molecular formula is C11H16N6O. The van der Waals surface area contributed by atoms with Crippen LogP contribution in [0.1, 0.15) is 18.5 Å². The Morgan fingerprint density at radius 3 is 3.22 bits per heavy atom. The maximum absolute atomic E-state index is 5.68. The topological polar surface area (TPSA) is 90.4 Å². The molecule has 0 saturated carbocycles. The number of rotatable bonds is 3. The smallest absolute Gasteiger partial charge is 0.229 e. The average Bonchev–Trinajstić information content (AvgIpc) is 2.93. The van der Waals surface area contributed by atoms with Crippen molar-refractivity contribution in [2.45, 2.75) is 25.9 Å². The molecule has 3 N–H and O–H groups in total. The summed E-state index contributed by atoms with van der Waals surface area (Å²) in [5.74, 6) is 0.860. The molecule has 0 bridgehead atoms. The van der Waals surface area contributed by atoms with E-state index in [0.717, 1.165) is 25.1 Å². The minimum absolute atomic E-state index is 0.243. The van der Waals surface area contributed by atoms with E-state index in [-0.39, 0.29) is 12.1 Å². The predicted molar refractivity (Wildman–Crippen MR) is 67.4 cm³/mol. The third-order valence-electron chi connectivity index (χ3n) is 2.97. The average molecular weight is 248 g/mol. The first-order valence-electron chi connectivity index (χ1n) is 6.08. The van der Waals surface area contributed by atoms with E-state index in [4.69, 9.17) is 10.5 Å². The molecule has 7 heteroatoms. The third kappa shape index (κ3) is 2.08. The number of fused-ring (bicyclic) bond motifs is 1. The van der Waals surface area contributed by atoms with Crippen LogP contribution in [0, 0.1) is 6.92 Å². The second-order valence-electron chi connectivity index (χ2n) is 4.48. The van der Waals surface area contributed by atoms with Crippen molar-refractivity contribution < 1.29 is 4.74 Å². The van der Waals surface area contributed by atoms with E-state index in [1.54, 1.807) is 4.52 Å². The van der Waals surface area contributed by atoms with Crippen LogP contribution in [0.25, 0.3) is 5.65 Å². The van der Waals surface area contributed by atoms with Crippen molar-refractivity contribution in [2.24, 2.45) is 0 Å². The first kappa shape index (κ1) is 11.2. The normalized spacial score (nSPS) is 19.5. The molecule has 2 aromatic heterocycles. The Morgan fingerprint density at radius 1 is 1.56 bits per heavy atom. The van der Waals surface area contributed by atoms with Crippen molar-refractivity contribution >= 4 is 17.5 Å². The molecule has 3 rings (SSSR count). The number of nitrogen functional groups attached to an aromatic ring is 1. The van der Waals surface area contributed by atoms with Crippen LogP contribution in [0.15, 0.2) is 6.07 Å². The van der Waals surface area contributed by atoms with Crippen LogP contribution in [-0.4, -0.2) is 38.8 Å². The maximum atomic E-state index is 5.68. The molecule has 7 nitrogen and oxygen atoms in total. The van der Waals surface area contributed by atoms with Gasteiger partial charge in [0.25, 0.3) is 0 Å². The van der Waals surface area contributed by atoms with Gasteiger partial charge in [-0.05, 0) is 19.8 Å². The van der Waals surface area contributed by atoms with Gasteiger partial charge in [-0.2, -0.15) is 19.6 Å². The molecule has 0 spiro atoms. The summed E-state index contributed by atoms with van der Waals surface area (Å²) in [5.41, 5.74) is 7.27. The van der Waals surface area contributed by atoms with Gasteiger partial charge in [0.2, 0.25) is 11.9 Å². The zero-order chi connectivity index (χ0) is 12.5. The molecule has 18 heavy (non-hydrogen) atoms. The van der Waals surface area contributed by atoms with Crippen LogP contribution in [0.3, 0.4) is 0 Å². The summed E-state index contributed by atoms with van der Waals surface area (Å²) in [6.45, 7) is 3.47. The first-order valence-corrected chi connectivity index (χ1v) is 6.08. The molecule has 1 aliphatic rings. The Bertz CT molecular complexity index is 560. The third-order valence-corrected chi connectivity index (χ3v) is 2.97. The van der Waals surface area contributed by atoms with E-state index in [9.17, 15) is 0 Å². The van der Waals surface area contributed by atoms with Gasteiger partial charge in [-0.25, -0.2) is 0 Å². The van der Waals surface area contributed by atoms with Gasteiger partial charge < -0.3 is 15.8 Å². The van der Waals surface area contributed by atoms with E-state index in [2.05, 4.69) is 20.4 Å². The lowest BCUT2D eigenvalue weighted by molar-refractivity contribution is 0.120. The van der Waals surface area contributed by atoms with E-state index in [1.807, 2.05) is 13.0 Å². The number of anilines is 2. The minimum Gasteiger partial charge on any atom is -0.376 e. The second kappa shape index (κ2) is 4.41. The van der Waals surface area contributed by atoms with Crippen molar-refractivity contribution in [1.29, 1.82) is 0 Å². The Labute approximate surface area is 104 Å². The van der Waals surface area contributed by atoms with Gasteiger partial charge in [0, 0.05) is 19.2 Å². The molecule has 3 heterocycles. The van der Waals surface area contributed by atoms with Crippen LogP contribution in [0.4, 0.5) is 11.9 Å². The van der Waals surface area contributed by atoms with Crippen LogP contribution < -0.4 is 11.1 Å². The number of hydrogen-bond donors (Lipinski definition) is 2. The molecule has 1 saturated heterocycles. The highest BCUT2D eigenvalue weighted by molar-refractivity contribution is 5.49. The van der Waals surface area contributed by atoms with E-state index >= 15 is 0 Å². The maximum Gasteiger partial charge on any atom is 0.229 e. The second-order valence-corrected chi connectivity index (χ2v) is 4.48. The van der Waals surface area contributed by atoms with Gasteiger partial charge in [0.1, 0.15) is 0 Å². The van der Waals surface area contributed by atoms with Crippen molar-refractivity contribution in [1.82, 2.24) is 19.6 Å². The number of nitrogens with zero attached hydrogens (tertiary/aromatic N) is 4. The molecular weight excluding hydrogens is 232 g/mol. The Morgan fingerprint density at radius 2 is 2.44 bits per heavy atom. The number of hydrogen-bond acceptors (Lipinski definition) is 6. The molecule has 1 unspecified atom stereocenters. The zero-order valence-electron chi connectivity index (χ0n) is 10.3. The van der Waals surface area contributed by atoms with Gasteiger partial charge in [-0.1, -0.05) is 0 Å². The van der Waals surface area contributed by atoms with Gasteiger partial charge >= 0.3 is 0 Å². The summed E-state index contributed by atoms with van der Waals surface area (Å²) in [6, 6.07) is 1.87. The van der Waals surface area contributed by atoms with Crippen LogP contribution in [0.5, 0.6) is 0 Å². The Hall–Kier alpha value is -1.89. The monoisotopic (exact) mass is 248 g/mol. The van der Waals surface area contributed by atoms with Crippen molar-refractivity contribution in [3.63, 3.8) is 0 Å². The summed E-state index contributed by atoms with van der Waals surface area (Å²) in [4.78, 5) is 8.31. The lowest BCUT2D eigenvalue weighted by Crippen LogP contribution is -2.21. The number of ether oxygens (including phenoxy) is 1. The molecule has 1 fully saturated rings. The molecule has 1 aliphatic heterocycles. The van der Waals surface area contributed by atoms with Crippen molar-refractivity contribution in [3.8, 4) is 0 Å². The zero-order valence-corrected chi connectivity index (χ0v) is 10.3. The quantitative estimate of drug-likeness (QED) is 0.827. The summed E-state index contributed by atoms with van der Waals surface area (Å²) in [5, 5.41) is 7.56.